The molecule has 110 valence electrons. The van der Waals surface area contributed by atoms with Gasteiger partial charge in [0.2, 0.25) is 11.6 Å². The second kappa shape index (κ2) is 6.57. The van der Waals surface area contributed by atoms with E-state index in [2.05, 4.69) is 5.32 Å². The average molecular weight is 290 g/mol. The summed E-state index contributed by atoms with van der Waals surface area (Å²) >= 11 is 0. The molecule has 0 heterocycles. The lowest BCUT2D eigenvalue weighted by atomic mass is 10.1. The zero-order valence-electron chi connectivity index (χ0n) is 11.1. The number of hydrogen-bond acceptors (Lipinski definition) is 3. The van der Waals surface area contributed by atoms with E-state index in [9.17, 15) is 17.6 Å². The number of hydrogen-bond donors (Lipinski definition) is 1. The van der Waals surface area contributed by atoms with Crippen LogP contribution >= 0.6 is 0 Å². The lowest BCUT2D eigenvalue weighted by Crippen LogP contribution is -2.46. The largest absolute Gasteiger partial charge is 0.484 e. The van der Waals surface area contributed by atoms with E-state index < -0.39 is 41.2 Å². The van der Waals surface area contributed by atoms with Gasteiger partial charge in [0, 0.05) is 6.07 Å². The Bertz CT molecular complexity index is 504. The molecule has 0 spiro atoms. The molecule has 0 aliphatic heterocycles. The predicted molar refractivity (Wildman–Crippen MR) is 64.1 cm³/mol. The van der Waals surface area contributed by atoms with E-state index in [1.54, 1.807) is 0 Å². The van der Waals surface area contributed by atoms with Crippen LogP contribution in [-0.4, -0.2) is 18.7 Å². The van der Waals surface area contributed by atoms with Gasteiger partial charge in [-0.2, -0.15) is 14.0 Å². The Morgan fingerprint density at radius 3 is 2.25 bits per heavy atom. The molecule has 1 N–H and O–H groups in total. The van der Waals surface area contributed by atoms with Crippen molar-refractivity contribution >= 4 is 0 Å². The molecule has 0 radical (unpaired) electrons. The van der Waals surface area contributed by atoms with Crippen LogP contribution in [0.5, 0.6) is 5.75 Å². The molecule has 0 aromatic heterocycles. The van der Waals surface area contributed by atoms with Crippen molar-refractivity contribution in [2.24, 2.45) is 0 Å². The van der Waals surface area contributed by atoms with Crippen molar-refractivity contribution in [2.75, 3.05) is 13.2 Å². The van der Waals surface area contributed by atoms with Crippen molar-refractivity contribution in [3.05, 3.63) is 29.3 Å². The van der Waals surface area contributed by atoms with E-state index in [4.69, 9.17) is 10.00 Å². The highest BCUT2D eigenvalue weighted by molar-refractivity contribution is 5.29. The molecule has 20 heavy (non-hydrogen) atoms. The van der Waals surface area contributed by atoms with Crippen LogP contribution in [0.2, 0.25) is 0 Å². The minimum atomic E-state index is -1.63. The molecule has 1 unspecified atom stereocenters. The number of nitriles is 1. The molecule has 1 atom stereocenters. The molecule has 0 saturated carbocycles. The molecule has 0 bridgehead atoms. The van der Waals surface area contributed by atoms with Crippen LogP contribution < -0.4 is 10.1 Å². The molecule has 1 aromatic carbocycles. The lowest BCUT2D eigenvalue weighted by Gasteiger charge is -2.23. The predicted octanol–water partition coefficient (Wildman–Crippen LogP) is 2.90. The van der Waals surface area contributed by atoms with Gasteiger partial charge < -0.3 is 4.74 Å². The number of nitrogens with one attached hydrogen (secondary N) is 1. The molecule has 7 heteroatoms. The monoisotopic (exact) mass is 290 g/mol. The summed E-state index contributed by atoms with van der Waals surface area (Å²) in [5.41, 5.74) is -1.22. The number of rotatable bonds is 6. The highest BCUT2D eigenvalue weighted by Crippen LogP contribution is 2.27. The Hall–Kier alpha value is -1.81. The van der Waals surface area contributed by atoms with Gasteiger partial charge in [-0.1, -0.05) is 6.92 Å². The standard InChI is InChI=1S/C13H14F4N2O/c1-3-4-19-13(2,6-18)7-20-12-10(16)8(14)5-9(15)11(12)17/h5,19H,3-4,7H2,1-2H3. The fourth-order valence-corrected chi connectivity index (χ4v) is 1.42. The number of halogens is 4. The zero-order valence-corrected chi connectivity index (χ0v) is 11.1. The van der Waals surface area contributed by atoms with E-state index in [-0.39, 0.29) is 6.07 Å². The second-order valence-corrected chi connectivity index (χ2v) is 4.46. The third-order valence-corrected chi connectivity index (χ3v) is 2.59. The van der Waals surface area contributed by atoms with Gasteiger partial charge in [-0.25, -0.2) is 8.78 Å². The van der Waals surface area contributed by atoms with Gasteiger partial charge in [0.05, 0.1) is 6.07 Å². The molecule has 0 amide bonds. The fourth-order valence-electron chi connectivity index (χ4n) is 1.42. The van der Waals surface area contributed by atoms with Gasteiger partial charge >= 0.3 is 0 Å². The van der Waals surface area contributed by atoms with Gasteiger partial charge in [0.25, 0.3) is 0 Å². The summed E-state index contributed by atoms with van der Waals surface area (Å²) in [6, 6.07) is 1.98. The molecule has 0 aliphatic carbocycles. The third-order valence-electron chi connectivity index (χ3n) is 2.59. The van der Waals surface area contributed by atoms with Crippen molar-refractivity contribution < 1.29 is 22.3 Å². The van der Waals surface area contributed by atoms with E-state index in [0.717, 1.165) is 6.42 Å². The minimum Gasteiger partial charge on any atom is -0.484 e. The third kappa shape index (κ3) is 3.61. The van der Waals surface area contributed by atoms with Crippen LogP contribution in [0.25, 0.3) is 0 Å². The van der Waals surface area contributed by atoms with Crippen molar-refractivity contribution in [3.63, 3.8) is 0 Å². The first-order valence-corrected chi connectivity index (χ1v) is 5.96. The highest BCUT2D eigenvalue weighted by atomic mass is 19.2. The van der Waals surface area contributed by atoms with E-state index in [1.807, 2.05) is 13.0 Å². The Morgan fingerprint density at radius 2 is 1.80 bits per heavy atom. The Kier molecular flexibility index (Phi) is 5.34. The first-order chi connectivity index (χ1) is 9.34. The number of benzene rings is 1. The topological polar surface area (TPSA) is 45.0 Å². The normalized spacial score (nSPS) is 13.7. The van der Waals surface area contributed by atoms with Crippen LogP contribution in [-0.2, 0) is 0 Å². The Labute approximate surface area is 114 Å². The van der Waals surface area contributed by atoms with Crippen LogP contribution in [0, 0.1) is 34.6 Å². The van der Waals surface area contributed by atoms with E-state index in [1.165, 1.54) is 6.92 Å². The smallest absolute Gasteiger partial charge is 0.203 e. The van der Waals surface area contributed by atoms with Crippen molar-refractivity contribution in [1.29, 1.82) is 5.26 Å². The van der Waals surface area contributed by atoms with Crippen LogP contribution in [0.1, 0.15) is 20.3 Å². The van der Waals surface area contributed by atoms with Crippen LogP contribution in [0.3, 0.4) is 0 Å². The second-order valence-electron chi connectivity index (χ2n) is 4.46. The summed E-state index contributed by atoms with van der Waals surface area (Å²) in [4.78, 5) is 0. The molecule has 3 nitrogen and oxygen atoms in total. The summed E-state index contributed by atoms with van der Waals surface area (Å²) in [5, 5.41) is 11.8. The van der Waals surface area contributed by atoms with Crippen molar-refractivity contribution in [2.45, 2.75) is 25.8 Å². The van der Waals surface area contributed by atoms with Gasteiger partial charge in [0.1, 0.15) is 12.1 Å². The van der Waals surface area contributed by atoms with Crippen molar-refractivity contribution in [1.82, 2.24) is 5.32 Å². The minimum absolute atomic E-state index is 0.0936. The maximum absolute atomic E-state index is 13.4. The Balaban J connectivity index is 2.92. The van der Waals surface area contributed by atoms with Crippen molar-refractivity contribution in [3.8, 4) is 11.8 Å². The first-order valence-electron chi connectivity index (χ1n) is 5.96. The molecular formula is C13H14F4N2O. The summed E-state index contributed by atoms with van der Waals surface area (Å²) < 4.78 is 57.5. The Morgan fingerprint density at radius 1 is 1.25 bits per heavy atom. The highest BCUT2D eigenvalue weighted by Gasteiger charge is 2.27. The fraction of sp³-hybridized carbons (Fsp3) is 0.462. The molecule has 0 fully saturated rings. The summed E-state index contributed by atoms with van der Waals surface area (Å²) in [7, 11) is 0. The maximum Gasteiger partial charge on any atom is 0.203 e. The lowest BCUT2D eigenvalue weighted by molar-refractivity contribution is 0.211. The number of ether oxygens (including phenoxy) is 1. The quantitative estimate of drug-likeness (QED) is 0.647. The van der Waals surface area contributed by atoms with Gasteiger partial charge in [-0.05, 0) is 19.9 Å². The summed E-state index contributed by atoms with van der Waals surface area (Å²) in [5.74, 6) is -7.53. The van der Waals surface area contributed by atoms with E-state index in [0.29, 0.717) is 6.54 Å². The average Bonchev–Trinajstić information content (AvgIpc) is 2.43. The molecule has 0 saturated heterocycles. The van der Waals surface area contributed by atoms with Crippen LogP contribution in [0.15, 0.2) is 6.07 Å². The maximum atomic E-state index is 13.4. The SMILES string of the molecule is CCCNC(C)(C#N)COc1c(F)c(F)cc(F)c1F. The molecule has 1 aromatic rings. The molecular weight excluding hydrogens is 276 g/mol. The summed E-state index contributed by atoms with van der Waals surface area (Å²) in [6.45, 7) is 3.34. The van der Waals surface area contributed by atoms with Gasteiger partial charge in [-0.3, -0.25) is 5.32 Å². The van der Waals surface area contributed by atoms with Gasteiger partial charge in [-0.15, -0.1) is 0 Å². The number of nitrogens with zero attached hydrogens (tertiary/aromatic N) is 1. The van der Waals surface area contributed by atoms with E-state index >= 15 is 0 Å². The molecule has 0 aliphatic rings. The first kappa shape index (κ1) is 16.2. The zero-order chi connectivity index (χ0) is 15.3. The summed E-state index contributed by atoms with van der Waals surface area (Å²) in [6.07, 6.45) is 0.731. The molecule has 1 rings (SSSR count). The van der Waals surface area contributed by atoms with Crippen LogP contribution in [0.4, 0.5) is 17.6 Å². The van der Waals surface area contributed by atoms with Gasteiger partial charge in [0.15, 0.2) is 17.4 Å².